The molecule has 2 aliphatic rings. The Kier molecular flexibility index (Phi) is 6.23. The second kappa shape index (κ2) is 8.96. The Morgan fingerprint density at radius 2 is 1.73 bits per heavy atom. The molecular weight excluding hydrogens is 432 g/mol. The van der Waals surface area contributed by atoms with Crippen LogP contribution in [0.1, 0.15) is 60.3 Å². The van der Waals surface area contributed by atoms with Gasteiger partial charge in [0.2, 0.25) is 0 Å². The number of benzene rings is 1. The largest absolute Gasteiger partial charge is 0.435 e. The van der Waals surface area contributed by atoms with Crippen molar-refractivity contribution in [2.75, 3.05) is 6.54 Å². The smallest absolute Gasteiger partial charge is 0.387 e. The van der Waals surface area contributed by atoms with Crippen LogP contribution in [0.5, 0.6) is 5.75 Å². The minimum atomic E-state index is -2.90. The number of hydrogen-bond acceptors (Lipinski definition) is 4. The molecule has 0 unspecified atom stereocenters. The molecule has 1 aromatic heterocycles. The van der Waals surface area contributed by atoms with Gasteiger partial charge in [0.05, 0.1) is 6.54 Å². The van der Waals surface area contributed by atoms with Crippen molar-refractivity contribution in [1.82, 2.24) is 14.8 Å². The fraction of sp³-hybridized carbons (Fsp3) is 0.458. The van der Waals surface area contributed by atoms with Gasteiger partial charge >= 0.3 is 12.6 Å². The van der Waals surface area contributed by atoms with Crippen molar-refractivity contribution in [2.45, 2.75) is 64.5 Å². The van der Waals surface area contributed by atoms with Crippen LogP contribution in [-0.2, 0) is 4.79 Å². The standard InChI is InChI=1S/C24H27F2N3O4/c1-15-13-19(16(2)29(15)17-7-9-18(10-8-17)33-22(25)26)20(30)14-28-21(31)24(27-23(28)32)11-5-3-4-6-12-24/h7-10,13,22H,3-6,11-12,14H2,1-2H3,(H,27,32). The highest BCUT2D eigenvalue weighted by Gasteiger charge is 2.51. The van der Waals surface area contributed by atoms with Crippen LogP contribution < -0.4 is 10.1 Å². The van der Waals surface area contributed by atoms with Crippen molar-refractivity contribution in [3.63, 3.8) is 0 Å². The number of alkyl halides is 2. The Morgan fingerprint density at radius 3 is 2.33 bits per heavy atom. The molecule has 3 amide bonds. The lowest BCUT2D eigenvalue weighted by atomic mass is 9.90. The summed E-state index contributed by atoms with van der Waals surface area (Å²) in [6.45, 7) is 0.361. The summed E-state index contributed by atoms with van der Waals surface area (Å²) in [5.41, 5.74) is 1.60. The molecule has 1 spiro atoms. The van der Waals surface area contributed by atoms with E-state index in [0.29, 0.717) is 29.8 Å². The number of rotatable bonds is 6. The predicted octanol–water partition coefficient (Wildman–Crippen LogP) is 4.52. The van der Waals surface area contributed by atoms with Gasteiger partial charge in [-0.3, -0.25) is 14.5 Å². The van der Waals surface area contributed by atoms with Gasteiger partial charge in [0, 0.05) is 22.6 Å². The number of imide groups is 1. The van der Waals surface area contributed by atoms with Crippen molar-refractivity contribution in [2.24, 2.45) is 0 Å². The molecule has 2 fully saturated rings. The molecule has 1 aromatic carbocycles. The zero-order valence-corrected chi connectivity index (χ0v) is 18.7. The molecule has 1 saturated heterocycles. The van der Waals surface area contributed by atoms with E-state index in [1.54, 1.807) is 25.1 Å². The number of Topliss-reactive ketones (excluding diaryl/α,β-unsaturated/α-hetero) is 1. The van der Waals surface area contributed by atoms with E-state index in [2.05, 4.69) is 10.1 Å². The van der Waals surface area contributed by atoms with Crippen LogP contribution in [0.2, 0.25) is 0 Å². The molecule has 1 aliphatic carbocycles. The van der Waals surface area contributed by atoms with E-state index in [1.165, 1.54) is 12.1 Å². The van der Waals surface area contributed by atoms with Crippen molar-refractivity contribution >= 4 is 17.7 Å². The number of aromatic nitrogens is 1. The number of nitrogens with one attached hydrogen (secondary N) is 1. The predicted molar refractivity (Wildman–Crippen MR) is 117 cm³/mol. The molecule has 0 atom stereocenters. The molecule has 1 saturated carbocycles. The van der Waals surface area contributed by atoms with Crippen LogP contribution in [-0.4, -0.2) is 45.9 Å². The summed E-state index contributed by atoms with van der Waals surface area (Å²) < 4.78 is 31.0. The van der Waals surface area contributed by atoms with Gasteiger partial charge in [0.15, 0.2) is 5.78 Å². The topological polar surface area (TPSA) is 80.6 Å². The van der Waals surface area contributed by atoms with Gasteiger partial charge in [-0.05, 0) is 57.0 Å². The number of hydrogen-bond donors (Lipinski definition) is 1. The second-order valence-corrected chi connectivity index (χ2v) is 8.73. The summed E-state index contributed by atoms with van der Waals surface area (Å²) in [4.78, 5) is 39.9. The zero-order chi connectivity index (χ0) is 23.8. The maximum absolute atomic E-state index is 13.1. The molecule has 0 bridgehead atoms. The average molecular weight is 459 g/mol. The first kappa shape index (κ1) is 22.9. The van der Waals surface area contributed by atoms with Crippen molar-refractivity contribution < 1.29 is 27.9 Å². The van der Waals surface area contributed by atoms with Gasteiger partial charge in [-0.2, -0.15) is 8.78 Å². The van der Waals surface area contributed by atoms with E-state index in [-0.39, 0.29) is 24.0 Å². The monoisotopic (exact) mass is 459 g/mol. The van der Waals surface area contributed by atoms with Gasteiger partial charge in [-0.15, -0.1) is 0 Å². The Hall–Kier alpha value is -3.23. The van der Waals surface area contributed by atoms with Crippen LogP contribution in [0.3, 0.4) is 0 Å². The molecule has 176 valence electrons. The normalized spacial score (nSPS) is 18.0. The third kappa shape index (κ3) is 4.36. The third-order valence-electron chi connectivity index (χ3n) is 6.56. The van der Waals surface area contributed by atoms with E-state index in [9.17, 15) is 23.2 Å². The summed E-state index contributed by atoms with van der Waals surface area (Å²) in [5, 5.41) is 2.86. The van der Waals surface area contributed by atoms with E-state index < -0.39 is 18.2 Å². The Bertz CT molecular complexity index is 1070. The zero-order valence-electron chi connectivity index (χ0n) is 18.7. The highest BCUT2D eigenvalue weighted by atomic mass is 19.3. The SMILES string of the molecule is Cc1cc(C(=O)CN2C(=O)NC3(CCCCCC3)C2=O)c(C)n1-c1ccc(OC(F)F)cc1. The Labute approximate surface area is 190 Å². The summed E-state index contributed by atoms with van der Waals surface area (Å²) >= 11 is 0. The van der Waals surface area contributed by atoms with E-state index in [4.69, 9.17) is 0 Å². The summed E-state index contributed by atoms with van der Waals surface area (Å²) in [6.07, 6.45) is 5.01. The summed E-state index contributed by atoms with van der Waals surface area (Å²) in [7, 11) is 0. The van der Waals surface area contributed by atoms with Crippen LogP contribution in [0.25, 0.3) is 5.69 Å². The first-order valence-electron chi connectivity index (χ1n) is 11.1. The summed E-state index contributed by atoms with van der Waals surface area (Å²) in [5.74, 6) is -0.606. The first-order valence-corrected chi connectivity index (χ1v) is 11.1. The molecule has 9 heteroatoms. The van der Waals surface area contributed by atoms with E-state index >= 15 is 0 Å². The molecule has 1 N–H and O–H groups in total. The molecular formula is C24H27F2N3O4. The number of nitrogens with zero attached hydrogens (tertiary/aromatic N) is 2. The fourth-order valence-electron chi connectivity index (χ4n) is 4.94. The van der Waals surface area contributed by atoms with Crippen LogP contribution >= 0.6 is 0 Å². The highest BCUT2D eigenvalue weighted by Crippen LogP contribution is 2.33. The number of amides is 3. The van der Waals surface area contributed by atoms with E-state index in [0.717, 1.165) is 36.3 Å². The third-order valence-corrected chi connectivity index (χ3v) is 6.56. The molecule has 4 rings (SSSR count). The number of ether oxygens (including phenoxy) is 1. The fourth-order valence-corrected chi connectivity index (χ4v) is 4.94. The van der Waals surface area contributed by atoms with Crippen LogP contribution in [0.4, 0.5) is 13.6 Å². The molecule has 2 heterocycles. The summed E-state index contributed by atoms with van der Waals surface area (Å²) in [6, 6.07) is 7.31. The van der Waals surface area contributed by atoms with Crippen molar-refractivity contribution in [3.8, 4) is 11.4 Å². The number of aryl methyl sites for hydroxylation is 1. The van der Waals surface area contributed by atoms with Gasteiger partial charge in [0.1, 0.15) is 11.3 Å². The minimum Gasteiger partial charge on any atom is -0.435 e. The van der Waals surface area contributed by atoms with Gasteiger partial charge < -0.3 is 14.6 Å². The highest BCUT2D eigenvalue weighted by molar-refractivity contribution is 6.11. The van der Waals surface area contributed by atoms with Crippen LogP contribution in [0.15, 0.2) is 30.3 Å². The molecule has 0 radical (unpaired) electrons. The first-order chi connectivity index (χ1) is 15.7. The van der Waals surface area contributed by atoms with Gasteiger partial charge in [0.25, 0.3) is 5.91 Å². The number of ketones is 1. The number of urea groups is 1. The Morgan fingerprint density at radius 1 is 1.09 bits per heavy atom. The average Bonchev–Trinajstić information content (AvgIpc) is 3.05. The molecule has 7 nitrogen and oxygen atoms in total. The maximum atomic E-state index is 13.1. The molecule has 1 aliphatic heterocycles. The van der Waals surface area contributed by atoms with Crippen molar-refractivity contribution in [3.05, 3.63) is 47.3 Å². The number of carbonyl (C=O) groups excluding carboxylic acids is 3. The number of halogens is 2. The minimum absolute atomic E-state index is 0.0403. The quantitative estimate of drug-likeness (QED) is 0.509. The lowest BCUT2D eigenvalue weighted by Gasteiger charge is -2.24. The lowest BCUT2D eigenvalue weighted by molar-refractivity contribution is -0.131. The van der Waals surface area contributed by atoms with Gasteiger partial charge in [-0.25, -0.2) is 4.79 Å². The molecule has 33 heavy (non-hydrogen) atoms. The Balaban J connectivity index is 1.54. The van der Waals surface area contributed by atoms with E-state index in [1.807, 2.05) is 11.5 Å². The van der Waals surface area contributed by atoms with Gasteiger partial charge in [-0.1, -0.05) is 25.7 Å². The second-order valence-electron chi connectivity index (χ2n) is 8.73. The maximum Gasteiger partial charge on any atom is 0.387 e. The molecule has 2 aromatic rings. The van der Waals surface area contributed by atoms with Crippen LogP contribution in [0, 0.1) is 13.8 Å². The van der Waals surface area contributed by atoms with Crippen molar-refractivity contribution in [1.29, 1.82) is 0 Å². The lowest BCUT2D eigenvalue weighted by Crippen LogP contribution is -2.46. The number of carbonyl (C=O) groups is 3.